The average Bonchev–Trinajstić information content (AvgIpc) is 3.02. The number of amides is 1. The third kappa shape index (κ3) is 4.39. The number of aryl methyl sites for hydroxylation is 1. The third-order valence-electron chi connectivity index (χ3n) is 5.97. The molecule has 4 heteroatoms. The van der Waals surface area contributed by atoms with E-state index in [1.54, 1.807) is 0 Å². The van der Waals surface area contributed by atoms with Crippen LogP contribution in [0.2, 0.25) is 0 Å². The fourth-order valence-electron chi connectivity index (χ4n) is 4.25. The van der Waals surface area contributed by atoms with Crippen LogP contribution < -0.4 is 4.90 Å². The van der Waals surface area contributed by atoms with Crippen molar-refractivity contribution in [1.82, 2.24) is 0 Å². The SMILES string of the molecule is Cc1ccc(C(=O)N2c3ccccc3N=C(c3ccc(Br)cc3)CC2c2ccccc2)cc1. The number of carbonyl (C=O) groups is 1. The van der Waals surface area contributed by atoms with Gasteiger partial charge in [0.1, 0.15) is 0 Å². The van der Waals surface area contributed by atoms with Gasteiger partial charge in [-0.05, 0) is 54.4 Å². The second-order valence-electron chi connectivity index (χ2n) is 8.23. The fraction of sp³-hybridized carbons (Fsp3) is 0.103. The van der Waals surface area contributed by atoms with E-state index < -0.39 is 0 Å². The van der Waals surface area contributed by atoms with Gasteiger partial charge >= 0.3 is 0 Å². The van der Waals surface area contributed by atoms with Crippen LogP contribution in [0.15, 0.2) is 113 Å². The van der Waals surface area contributed by atoms with E-state index in [-0.39, 0.29) is 11.9 Å². The molecule has 0 saturated carbocycles. The summed E-state index contributed by atoms with van der Waals surface area (Å²) in [5.74, 6) is -0.0245. The summed E-state index contributed by atoms with van der Waals surface area (Å²) in [6.07, 6.45) is 0.609. The van der Waals surface area contributed by atoms with Crippen LogP contribution in [0, 0.1) is 6.92 Å². The Morgan fingerprint density at radius 1 is 0.848 bits per heavy atom. The van der Waals surface area contributed by atoms with Crippen molar-refractivity contribution in [2.75, 3.05) is 4.90 Å². The van der Waals surface area contributed by atoms with E-state index in [0.29, 0.717) is 12.0 Å². The minimum Gasteiger partial charge on any atom is -0.298 e. The lowest BCUT2D eigenvalue weighted by atomic mass is 9.95. The molecule has 3 nitrogen and oxygen atoms in total. The molecule has 0 radical (unpaired) electrons. The van der Waals surface area contributed by atoms with Crippen LogP contribution in [-0.2, 0) is 0 Å². The van der Waals surface area contributed by atoms with Gasteiger partial charge in [-0.2, -0.15) is 0 Å². The summed E-state index contributed by atoms with van der Waals surface area (Å²) in [4.78, 5) is 21.0. The minimum absolute atomic E-state index is 0.0245. The highest BCUT2D eigenvalue weighted by Gasteiger charge is 2.33. The molecule has 1 aliphatic heterocycles. The van der Waals surface area contributed by atoms with Crippen molar-refractivity contribution in [2.24, 2.45) is 4.99 Å². The van der Waals surface area contributed by atoms with Crippen molar-refractivity contribution in [3.63, 3.8) is 0 Å². The van der Waals surface area contributed by atoms with Crippen LogP contribution in [0.3, 0.4) is 0 Å². The number of rotatable bonds is 3. The van der Waals surface area contributed by atoms with Gasteiger partial charge < -0.3 is 0 Å². The Hall–Kier alpha value is -3.50. The number of carbonyl (C=O) groups excluding carboxylic acids is 1. The van der Waals surface area contributed by atoms with E-state index in [1.165, 1.54) is 0 Å². The molecule has 0 saturated heterocycles. The number of nitrogens with zero attached hydrogens (tertiary/aromatic N) is 2. The first-order valence-corrected chi connectivity index (χ1v) is 11.8. The predicted molar refractivity (Wildman–Crippen MR) is 139 cm³/mol. The highest BCUT2D eigenvalue weighted by atomic mass is 79.9. The molecule has 0 bridgehead atoms. The molecule has 4 aromatic rings. The Bertz CT molecular complexity index is 1310. The van der Waals surface area contributed by atoms with Gasteiger partial charge in [0.2, 0.25) is 0 Å². The number of anilines is 1. The second-order valence-corrected chi connectivity index (χ2v) is 9.14. The molecule has 4 aromatic carbocycles. The summed E-state index contributed by atoms with van der Waals surface area (Å²) in [5, 5.41) is 0. The molecule has 33 heavy (non-hydrogen) atoms. The van der Waals surface area contributed by atoms with Gasteiger partial charge in [-0.25, -0.2) is 0 Å². The van der Waals surface area contributed by atoms with Gasteiger partial charge in [0, 0.05) is 16.5 Å². The number of fused-ring (bicyclic) bond motifs is 1. The molecular formula is C29H23BrN2O. The van der Waals surface area contributed by atoms with Crippen LogP contribution in [0.5, 0.6) is 0 Å². The van der Waals surface area contributed by atoms with Gasteiger partial charge in [0.15, 0.2) is 0 Å². The molecule has 1 unspecified atom stereocenters. The van der Waals surface area contributed by atoms with E-state index in [4.69, 9.17) is 4.99 Å². The zero-order valence-corrected chi connectivity index (χ0v) is 19.9. The standard InChI is InChI=1S/C29H23BrN2O/c1-20-11-13-23(14-12-20)29(33)32-27-10-6-5-9-25(27)31-26(21-15-17-24(30)18-16-21)19-28(32)22-7-3-2-4-8-22/h2-18,28H,19H2,1H3. The molecule has 0 aromatic heterocycles. The Kier molecular flexibility index (Phi) is 5.93. The number of halogens is 1. The van der Waals surface area contributed by atoms with E-state index >= 15 is 0 Å². The number of hydrogen-bond donors (Lipinski definition) is 0. The summed E-state index contributed by atoms with van der Waals surface area (Å²) in [6.45, 7) is 2.03. The maximum Gasteiger partial charge on any atom is 0.258 e. The zero-order valence-electron chi connectivity index (χ0n) is 18.3. The topological polar surface area (TPSA) is 32.7 Å². The Balaban J connectivity index is 1.68. The molecule has 0 spiro atoms. The van der Waals surface area contributed by atoms with Crippen molar-refractivity contribution in [3.8, 4) is 0 Å². The lowest BCUT2D eigenvalue weighted by Gasteiger charge is -2.32. The monoisotopic (exact) mass is 494 g/mol. The largest absolute Gasteiger partial charge is 0.298 e. The first-order chi connectivity index (χ1) is 16.1. The van der Waals surface area contributed by atoms with Gasteiger partial charge in [-0.1, -0.05) is 88.2 Å². The molecule has 1 atom stereocenters. The molecular weight excluding hydrogens is 472 g/mol. The predicted octanol–water partition coefficient (Wildman–Crippen LogP) is 7.67. The van der Waals surface area contributed by atoms with Gasteiger partial charge in [-0.15, -0.1) is 0 Å². The Morgan fingerprint density at radius 3 is 2.24 bits per heavy atom. The maximum atomic E-state index is 14.0. The van der Waals surface area contributed by atoms with E-state index in [9.17, 15) is 4.79 Å². The Morgan fingerprint density at radius 2 is 1.52 bits per heavy atom. The van der Waals surface area contributed by atoms with Gasteiger partial charge in [-0.3, -0.25) is 14.7 Å². The molecule has 1 amide bonds. The van der Waals surface area contributed by atoms with Crippen molar-refractivity contribution in [2.45, 2.75) is 19.4 Å². The van der Waals surface area contributed by atoms with Crippen LogP contribution in [-0.4, -0.2) is 11.6 Å². The minimum atomic E-state index is -0.189. The zero-order chi connectivity index (χ0) is 22.8. The van der Waals surface area contributed by atoms with Crippen molar-refractivity contribution < 1.29 is 4.79 Å². The summed E-state index contributed by atoms with van der Waals surface area (Å²) in [6, 6.07) is 33.9. The van der Waals surface area contributed by atoms with Gasteiger partial charge in [0.05, 0.1) is 23.1 Å². The molecule has 0 aliphatic carbocycles. The summed E-state index contributed by atoms with van der Waals surface area (Å²) in [7, 11) is 0. The van der Waals surface area contributed by atoms with Crippen LogP contribution in [0.4, 0.5) is 11.4 Å². The van der Waals surface area contributed by atoms with Crippen molar-refractivity contribution >= 4 is 38.9 Å². The smallest absolute Gasteiger partial charge is 0.258 e. The van der Waals surface area contributed by atoms with Gasteiger partial charge in [0.25, 0.3) is 5.91 Å². The van der Waals surface area contributed by atoms with E-state index in [2.05, 4.69) is 40.2 Å². The number of aliphatic imine (C=N–C) groups is 1. The van der Waals surface area contributed by atoms with Crippen LogP contribution in [0.1, 0.15) is 39.5 Å². The third-order valence-corrected chi connectivity index (χ3v) is 6.50. The highest BCUT2D eigenvalue weighted by molar-refractivity contribution is 9.10. The lowest BCUT2D eigenvalue weighted by molar-refractivity contribution is 0.0977. The summed E-state index contributed by atoms with van der Waals surface area (Å²) in [5.41, 5.74) is 6.52. The quantitative estimate of drug-likeness (QED) is 0.287. The van der Waals surface area contributed by atoms with E-state index in [1.807, 2.05) is 90.7 Å². The molecule has 0 fully saturated rings. The molecule has 162 valence electrons. The normalized spacial score (nSPS) is 15.4. The molecule has 1 heterocycles. The van der Waals surface area contributed by atoms with E-state index in [0.717, 1.165) is 38.2 Å². The second kappa shape index (κ2) is 9.16. The van der Waals surface area contributed by atoms with Crippen LogP contribution >= 0.6 is 15.9 Å². The number of para-hydroxylation sites is 2. The number of hydrogen-bond acceptors (Lipinski definition) is 2. The number of benzene rings is 4. The first-order valence-electron chi connectivity index (χ1n) is 11.0. The average molecular weight is 495 g/mol. The molecule has 1 aliphatic rings. The summed E-state index contributed by atoms with van der Waals surface area (Å²) >= 11 is 3.53. The van der Waals surface area contributed by atoms with Crippen molar-refractivity contribution in [3.05, 3.63) is 130 Å². The fourth-order valence-corrected chi connectivity index (χ4v) is 4.51. The first kappa shape index (κ1) is 21.4. The maximum absolute atomic E-state index is 14.0. The molecule has 5 rings (SSSR count). The van der Waals surface area contributed by atoms with Crippen molar-refractivity contribution in [1.29, 1.82) is 0 Å². The van der Waals surface area contributed by atoms with Crippen LogP contribution in [0.25, 0.3) is 0 Å². The highest BCUT2D eigenvalue weighted by Crippen LogP contribution is 2.41. The lowest BCUT2D eigenvalue weighted by Crippen LogP contribution is -2.35. The summed E-state index contributed by atoms with van der Waals surface area (Å²) < 4.78 is 1.02. The Labute approximate surface area is 202 Å². The molecule has 0 N–H and O–H groups in total.